The van der Waals surface area contributed by atoms with Gasteiger partial charge in [-0.1, -0.05) is 0 Å². The highest BCUT2D eigenvalue weighted by Crippen LogP contribution is 2.15. The zero-order valence-electron chi connectivity index (χ0n) is 4.83. The molecule has 0 atom stereocenters. The molecule has 1 aliphatic heterocycles. The lowest BCUT2D eigenvalue weighted by Gasteiger charge is -1.96. The third-order valence-corrected chi connectivity index (χ3v) is 2.19. The third-order valence-electron chi connectivity index (χ3n) is 0.921. The van der Waals surface area contributed by atoms with Gasteiger partial charge in [-0.15, -0.1) is 0 Å². The number of rotatable bonds is 1. The zero-order valence-corrected chi connectivity index (χ0v) is 5.64. The van der Waals surface area contributed by atoms with Crippen molar-refractivity contribution in [1.29, 1.82) is 0 Å². The minimum Gasteiger partial charge on any atom is -0.485 e. The molecular weight excluding hydrogens is 144 g/mol. The minimum atomic E-state index is -3.50. The summed E-state index contributed by atoms with van der Waals surface area (Å²) >= 11 is 0. The van der Waals surface area contributed by atoms with Gasteiger partial charge in [-0.05, 0) is 6.08 Å². The van der Waals surface area contributed by atoms with Gasteiger partial charge in [-0.2, -0.15) is 8.42 Å². The first-order valence-electron chi connectivity index (χ1n) is 2.30. The van der Waals surface area contributed by atoms with Gasteiger partial charge in [0, 0.05) is 0 Å². The molecule has 0 unspecified atom stereocenters. The van der Waals surface area contributed by atoms with Gasteiger partial charge in [0.1, 0.15) is 0 Å². The predicted octanol–water partition coefficient (Wildman–Crippen LogP) is -0.166. The van der Waals surface area contributed by atoms with Gasteiger partial charge in [-0.3, -0.25) is 4.18 Å². The van der Waals surface area contributed by atoms with Gasteiger partial charge >= 0.3 is 10.1 Å². The molecule has 0 amide bonds. The van der Waals surface area contributed by atoms with E-state index in [1.165, 1.54) is 13.2 Å². The van der Waals surface area contributed by atoms with Crippen molar-refractivity contribution in [3.05, 3.63) is 11.2 Å². The average molecular weight is 150 g/mol. The van der Waals surface area contributed by atoms with Crippen LogP contribution in [0.4, 0.5) is 0 Å². The molecule has 52 valence electrons. The second-order valence-corrected chi connectivity index (χ2v) is 3.01. The highest BCUT2D eigenvalue weighted by molar-refractivity contribution is 7.90. The molecule has 0 aliphatic carbocycles. The van der Waals surface area contributed by atoms with Crippen LogP contribution in [0, 0.1) is 0 Å². The van der Waals surface area contributed by atoms with Crippen LogP contribution in [-0.2, 0) is 19.0 Å². The van der Waals surface area contributed by atoms with E-state index >= 15 is 0 Å². The first-order valence-corrected chi connectivity index (χ1v) is 3.71. The lowest BCUT2D eigenvalue weighted by Crippen LogP contribution is -2.01. The van der Waals surface area contributed by atoms with Crippen LogP contribution in [0.15, 0.2) is 11.2 Å². The Balaban J connectivity index is 2.95. The van der Waals surface area contributed by atoms with E-state index in [0.29, 0.717) is 0 Å². The van der Waals surface area contributed by atoms with Crippen molar-refractivity contribution in [2.24, 2.45) is 0 Å². The van der Waals surface area contributed by atoms with Crippen molar-refractivity contribution < 1.29 is 17.3 Å². The van der Waals surface area contributed by atoms with Crippen molar-refractivity contribution in [2.75, 3.05) is 13.7 Å². The Hall–Kier alpha value is -0.550. The van der Waals surface area contributed by atoms with Crippen molar-refractivity contribution in [3.63, 3.8) is 0 Å². The molecule has 0 saturated carbocycles. The molecule has 0 spiro atoms. The first-order chi connectivity index (χ1) is 4.17. The molecule has 1 heterocycles. The summed E-state index contributed by atoms with van der Waals surface area (Å²) in [5.74, 6) is 0. The molecule has 1 rings (SSSR count). The molecule has 5 heteroatoms. The number of methoxy groups -OCH3 is 1. The summed E-state index contributed by atoms with van der Waals surface area (Å²) in [7, 11) is -2.21. The highest BCUT2D eigenvalue weighted by Gasteiger charge is 2.24. The molecule has 0 radical (unpaired) electrons. The maximum atomic E-state index is 10.6. The minimum absolute atomic E-state index is 0.0888. The van der Waals surface area contributed by atoms with Crippen LogP contribution >= 0.6 is 0 Å². The first kappa shape index (κ1) is 6.57. The van der Waals surface area contributed by atoms with E-state index in [1.54, 1.807) is 0 Å². The number of hydrogen-bond donors (Lipinski definition) is 0. The van der Waals surface area contributed by atoms with Crippen LogP contribution in [0.25, 0.3) is 0 Å². The maximum Gasteiger partial charge on any atom is 0.330 e. The van der Waals surface area contributed by atoms with Gasteiger partial charge in [0.05, 0.1) is 13.7 Å². The van der Waals surface area contributed by atoms with E-state index in [4.69, 9.17) is 0 Å². The lowest BCUT2D eigenvalue weighted by atomic mass is 10.7. The summed E-state index contributed by atoms with van der Waals surface area (Å²) in [6.45, 7) is 0.0888. The zero-order chi connectivity index (χ0) is 6.91. The Bertz CT molecular complexity index is 225. The lowest BCUT2D eigenvalue weighted by molar-refractivity contribution is 0.309. The smallest absolute Gasteiger partial charge is 0.330 e. The Kier molecular flexibility index (Phi) is 1.46. The second-order valence-electron chi connectivity index (χ2n) is 1.47. The normalized spacial score (nSPS) is 23.4. The van der Waals surface area contributed by atoms with Gasteiger partial charge in [0.25, 0.3) is 0 Å². The molecule has 0 saturated heterocycles. The maximum absolute atomic E-state index is 10.6. The van der Waals surface area contributed by atoms with Crippen molar-refractivity contribution >= 4 is 10.1 Å². The van der Waals surface area contributed by atoms with Crippen LogP contribution < -0.4 is 0 Å². The predicted molar refractivity (Wildman–Crippen MR) is 30.0 cm³/mol. The summed E-state index contributed by atoms with van der Waals surface area (Å²) in [5.41, 5.74) is 0. The van der Waals surface area contributed by atoms with E-state index in [9.17, 15) is 8.42 Å². The van der Waals surface area contributed by atoms with Crippen molar-refractivity contribution in [3.8, 4) is 0 Å². The Labute approximate surface area is 53.2 Å². The van der Waals surface area contributed by atoms with Crippen molar-refractivity contribution in [1.82, 2.24) is 0 Å². The van der Waals surface area contributed by atoms with Crippen molar-refractivity contribution in [2.45, 2.75) is 0 Å². The molecule has 4 nitrogen and oxygen atoms in total. The van der Waals surface area contributed by atoms with Gasteiger partial charge in [-0.25, -0.2) is 0 Å². The number of ether oxygens (including phenoxy) is 1. The van der Waals surface area contributed by atoms with Crippen LogP contribution in [-0.4, -0.2) is 22.1 Å². The highest BCUT2D eigenvalue weighted by atomic mass is 32.2. The van der Waals surface area contributed by atoms with Gasteiger partial charge in [0.15, 0.2) is 0 Å². The summed E-state index contributed by atoms with van der Waals surface area (Å²) in [4.78, 5) is 0. The van der Waals surface area contributed by atoms with Crippen LogP contribution in [0.5, 0.6) is 0 Å². The fraction of sp³-hybridized carbons (Fsp3) is 0.500. The Morgan fingerprint density at radius 2 is 2.44 bits per heavy atom. The Morgan fingerprint density at radius 1 is 1.78 bits per heavy atom. The van der Waals surface area contributed by atoms with Crippen LogP contribution in [0.2, 0.25) is 0 Å². The molecule has 9 heavy (non-hydrogen) atoms. The molecule has 0 N–H and O–H groups in total. The van der Waals surface area contributed by atoms with E-state index in [-0.39, 0.29) is 11.7 Å². The quantitative estimate of drug-likeness (QED) is 0.487. The largest absolute Gasteiger partial charge is 0.485 e. The molecule has 0 fully saturated rings. The molecule has 0 bridgehead atoms. The monoisotopic (exact) mass is 150 g/mol. The van der Waals surface area contributed by atoms with Crippen LogP contribution in [0.1, 0.15) is 0 Å². The molecule has 1 aliphatic rings. The summed E-state index contributed by atoms with van der Waals surface area (Å²) in [5, 5.41) is -0.0949. The summed E-state index contributed by atoms with van der Waals surface area (Å²) in [6, 6.07) is 0. The Morgan fingerprint density at radius 3 is 2.67 bits per heavy atom. The fourth-order valence-corrected chi connectivity index (χ4v) is 1.38. The number of hydrogen-bond acceptors (Lipinski definition) is 4. The molecule has 0 aromatic rings. The molecular formula is C4H6O4S. The van der Waals surface area contributed by atoms with Gasteiger partial charge < -0.3 is 4.74 Å². The summed E-state index contributed by atoms with van der Waals surface area (Å²) < 4.78 is 29.9. The second kappa shape index (κ2) is 2.00. The third kappa shape index (κ3) is 1.06. The van der Waals surface area contributed by atoms with E-state index < -0.39 is 10.1 Å². The summed E-state index contributed by atoms with van der Waals surface area (Å²) in [6.07, 6.45) is 1.37. The SMILES string of the molecule is COC1=CCOS1(=O)=O. The standard InChI is InChI=1S/C4H6O4S/c1-7-4-2-3-8-9(4,5)6/h2H,3H2,1H3. The van der Waals surface area contributed by atoms with E-state index in [1.807, 2.05) is 0 Å². The van der Waals surface area contributed by atoms with E-state index in [0.717, 1.165) is 0 Å². The molecule has 0 aromatic heterocycles. The average Bonchev–Trinajstić information content (AvgIpc) is 2.08. The van der Waals surface area contributed by atoms with E-state index in [2.05, 4.69) is 8.92 Å². The topological polar surface area (TPSA) is 52.6 Å². The van der Waals surface area contributed by atoms with Gasteiger partial charge in [0.2, 0.25) is 5.09 Å². The molecule has 0 aromatic carbocycles. The van der Waals surface area contributed by atoms with Crippen LogP contribution in [0.3, 0.4) is 0 Å². The fourth-order valence-electron chi connectivity index (χ4n) is 0.537.